The summed E-state index contributed by atoms with van der Waals surface area (Å²) in [5.41, 5.74) is 0.230. The first-order chi connectivity index (χ1) is 12.6. The molecule has 4 rings (SSSR count). The first-order valence-electron chi connectivity index (χ1n) is 8.33. The van der Waals surface area contributed by atoms with Crippen LogP contribution in [0.15, 0.2) is 28.3 Å². The van der Waals surface area contributed by atoms with Crippen LogP contribution < -0.4 is 10.1 Å². The van der Waals surface area contributed by atoms with E-state index in [4.69, 9.17) is 14.2 Å². The number of thiazole rings is 1. The third-order valence-electron chi connectivity index (χ3n) is 4.51. The number of aromatic nitrogens is 2. The Morgan fingerprint density at radius 1 is 1.42 bits per heavy atom. The van der Waals surface area contributed by atoms with Gasteiger partial charge in [-0.1, -0.05) is 6.92 Å². The van der Waals surface area contributed by atoms with Crippen LogP contribution in [0.2, 0.25) is 0 Å². The molecule has 4 unspecified atom stereocenters. The molecule has 0 saturated carbocycles. The molecule has 0 aromatic carbocycles. The van der Waals surface area contributed by atoms with Gasteiger partial charge in [0.2, 0.25) is 0 Å². The van der Waals surface area contributed by atoms with E-state index in [9.17, 15) is 4.79 Å². The summed E-state index contributed by atoms with van der Waals surface area (Å²) in [5.74, 6) is 0.615. The van der Waals surface area contributed by atoms with Crippen LogP contribution in [0, 0.1) is 5.92 Å². The van der Waals surface area contributed by atoms with Gasteiger partial charge in [-0.15, -0.1) is 11.3 Å². The highest BCUT2D eigenvalue weighted by molar-refractivity contribution is 9.10. The smallest absolute Gasteiger partial charge is 0.275 e. The number of ether oxygens (including phenoxy) is 3. The number of carbonyl (C=O) groups excluding carboxylic acids is 1. The summed E-state index contributed by atoms with van der Waals surface area (Å²) in [6, 6.07) is 1.74. The quantitative estimate of drug-likeness (QED) is 0.744. The summed E-state index contributed by atoms with van der Waals surface area (Å²) in [7, 11) is 0. The molecule has 2 saturated heterocycles. The van der Waals surface area contributed by atoms with Crippen LogP contribution in [0.5, 0.6) is 5.75 Å². The molecular formula is C17H18BrN3O4S. The van der Waals surface area contributed by atoms with Gasteiger partial charge in [-0.05, 0) is 22.0 Å². The maximum atomic E-state index is 12.7. The monoisotopic (exact) mass is 439 g/mol. The summed E-state index contributed by atoms with van der Waals surface area (Å²) in [6.07, 6.45) is 2.98. The van der Waals surface area contributed by atoms with E-state index in [0.717, 1.165) is 16.1 Å². The predicted octanol–water partition coefficient (Wildman–Crippen LogP) is 2.58. The van der Waals surface area contributed by atoms with E-state index in [1.807, 2.05) is 5.38 Å². The Labute approximate surface area is 163 Å². The zero-order chi connectivity index (χ0) is 18.1. The molecule has 2 aliphatic rings. The van der Waals surface area contributed by atoms with Crippen LogP contribution in [0.4, 0.5) is 0 Å². The molecule has 2 fully saturated rings. The third kappa shape index (κ3) is 3.62. The lowest BCUT2D eigenvalue weighted by Gasteiger charge is -2.36. The zero-order valence-corrected chi connectivity index (χ0v) is 16.5. The number of nitrogens with one attached hydrogen (secondary N) is 1. The van der Waals surface area contributed by atoms with E-state index in [2.05, 4.69) is 38.1 Å². The maximum Gasteiger partial charge on any atom is 0.275 e. The van der Waals surface area contributed by atoms with Crippen molar-refractivity contribution in [1.82, 2.24) is 15.3 Å². The van der Waals surface area contributed by atoms with E-state index in [0.29, 0.717) is 24.9 Å². The van der Waals surface area contributed by atoms with Crippen molar-refractivity contribution in [3.8, 4) is 5.75 Å². The Bertz CT molecular complexity index is 788. The van der Waals surface area contributed by atoms with Gasteiger partial charge in [-0.3, -0.25) is 4.79 Å². The molecule has 2 aromatic heterocycles. The van der Waals surface area contributed by atoms with Gasteiger partial charge in [-0.2, -0.15) is 0 Å². The summed E-state index contributed by atoms with van der Waals surface area (Å²) in [5, 5.41) is 5.74. The van der Waals surface area contributed by atoms with Crippen molar-refractivity contribution in [2.45, 2.75) is 25.2 Å². The molecule has 2 aliphatic heterocycles. The Hall–Kier alpha value is -1.55. The number of nitrogens with zero attached hydrogens (tertiary/aromatic N) is 2. The molecular weight excluding hydrogens is 422 g/mol. The first kappa shape index (κ1) is 17.8. The van der Waals surface area contributed by atoms with Gasteiger partial charge in [0.05, 0.1) is 25.2 Å². The minimum Gasteiger partial charge on any atom is -0.488 e. The highest BCUT2D eigenvalue weighted by atomic mass is 79.9. The average Bonchev–Trinajstić information content (AvgIpc) is 3.11. The lowest BCUT2D eigenvalue weighted by atomic mass is 10.0. The number of carbonyl (C=O) groups is 1. The molecule has 4 heterocycles. The van der Waals surface area contributed by atoms with Gasteiger partial charge in [0.15, 0.2) is 11.4 Å². The fraction of sp³-hybridized carbons (Fsp3) is 0.471. The molecule has 2 aromatic rings. The van der Waals surface area contributed by atoms with E-state index < -0.39 is 6.23 Å². The lowest BCUT2D eigenvalue weighted by molar-refractivity contribution is -0.123. The molecule has 0 bridgehead atoms. The number of hydrogen-bond acceptors (Lipinski definition) is 7. The summed E-state index contributed by atoms with van der Waals surface area (Å²) in [4.78, 5) is 21.2. The van der Waals surface area contributed by atoms with Crippen LogP contribution in [-0.4, -0.2) is 48.0 Å². The predicted molar refractivity (Wildman–Crippen MR) is 98.4 cm³/mol. The fourth-order valence-electron chi connectivity index (χ4n) is 2.76. The van der Waals surface area contributed by atoms with Crippen LogP contribution >= 0.6 is 27.3 Å². The van der Waals surface area contributed by atoms with Crippen molar-refractivity contribution < 1.29 is 19.0 Å². The van der Waals surface area contributed by atoms with E-state index >= 15 is 0 Å². The zero-order valence-electron chi connectivity index (χ0n) is 14.1. The topological polar surface area (TPSA) is 82.6 Å². The van der Waals surface area contributed by atoms with Crippen LogP contribution in [0.1, 0.15) is 28.3 Å². The van der Waals surface area contributed by atoms with Crippen molar-refractivity contribution in [2.24, 2.45) is 5.92 Å². The Balaban J connectivity index is 1.43. The Kier molecular flexibility index (Phi) is 5.21. The van der Waals surface area contributed by atoms with Crippen molar-refractivity contribution in [1.29, 1.82) is 0 Å². The number of rotatable bonds is 6. The molecule has 138 valence electrons. The van der Waals surface area contributed by atoms with Crippen LogP contribution in [0.25, 0.3) is 0 Å². The molecule has 1 N–H and O–H groups in total. The lowest BCUT2D eigenvalue weighted by Crippen LogP contribution is -2.50. The highest BCUT2D eigenvalue weighted by Gasteiger charge is 2.37. The van der Waals surface area contributed by atoms with Crippen molar-refractivity contribution >= 4 is 33.2 Å². The number of pyridine rings is 1. The largest absolute Gasteiger partial charge is 0.488 e. The molecule has 7 nitrogen and oxygen atoms in total. The molecule has 26 heavy (non-hydrogen) atoms. The van der Waals surface area contributed by atoms with E-state index in [1.54, 1.807) is 29.8 Å². The SMILES string of the molecule is CC1COC1COc1cc(Br)cnc1C(=O)NC1OCC1c1nccs1. The Morgan fingerprint density at radius 2 is 2.31 bits per heavy atom. The second-order valence-corrected chi connectivity index (χ2v) is 8.21. The van der Waals surface area contributed by atoms with Gasteiger partial charge < -0.3 is 19.5 Å². The van der Waals surface area contributed by atoms with Gasteiger partial charge in [0.25, 0.3) is 5.91 Å². The Morgan fingerprint density at radius 3 is 2.92 bits per heavy atom. The molecule has 4 atom stereocenters. The first-order valence-corrected chi connectivity index (χ1v) is 10.0. The van der Waals surface area contributed by atoms with Crippen LogP contribution in [-0.2, 0) is 9.47 Å². The van der Waals surface area contributed by atoms with E-state index in [1.165, 1.54) is 0 Å². The molecule has 0 aliphatic carbocycles. The van der Waals surface area contributed by atoms with Gasteiger partial charge in [0.1, 0.15) is 17.8 Å². The second kappa shape index (κ2) is 7.59. The number of halogens is 1. The molecule has 0 spiro atoms. The van der Waals surface area contributed by atoms with Gasteiger partial charge in [-0.25, -0.2) is 9.97 Å². The number of hydrogen-bond donors (Lipinski definition) is 1. The van der Waals surface area contributed by atoms with Crippen LogP contribution in [0.3, 0.4) is 0 Å². The van der Waals surface area contributed by atoms with Crippen molar-refractivity contribution in [2.75, 3.05) is 19.8 Å². The summed E-state index contributed by atoms with van der Waals surface area (Å²) >= 11 is 4.93. The molecule has 9 heteroatoms. The summed E-state index contributed by atoms with van der Waals surface area (Å²) in [6.45, 7) is 3.79. The van der Waals surface area contributed by atoms with Crippen molar-refractivity contribution in [3.63, 3.8) is 0 Å². The third-order valence-corrected chi connectivity index (χ3v) is 5.85. The number of amides is 1. The fourth-order valence-corrected chi connectivity index (χ4v) is 3.82. The minimum absolute atomic E-state index is 0.0501. The average molecular weight is 440 g/mol. The highest BCUT2D eigenvalue weighted by Crippen LogP contribution is 2.31. The second-order valence-electron chi connectivity index (χ2n) is 6.36. The summed E-state index contributed by atoms with van der Waals surface area (Å²) < 4.78 is 17.5. The standard InChI is InChI=1S/C17H18BrN3O4S/c1-9-6-23-13(9)8-24-12-4-10(18)5-20-14(12)15(22)21-16-11(7-25-16)17-19-2-3-26-17/h2-5,9,11,13,16H,6-8H2,1H3,(H,21,22). The minimum atomic E-state index is -0.401. The van der Waals surface area contributed by atoms with Crippen molar-refractivity contribution in [3.05, 3.63) is 39.0 Å². The van der Waals surface area contributed by atoms with Gasteiger partial charge in [0, 0.05) is 28.2 Å². The normalized spacial score (nSPS) is 27.3. The molecule has 1 amide bonds. The molecule has 0 radical (unpaired) electrons. The van der Waals surface area contributed by atoms with E-state index in [-0.39, 0.29) is 23.6 Å². The van der Waals surface area contributed by atoms with Gasteiger partial charge >= 0.3 is 0 Å². The maximum absolute atomic E-state index is 12.7.